The van der Waals surface area contributed by atoms with Gasteiger partial charge in [-0.3, -0.25) is 19.8 Å². The van der Waals surface area contributed by atoms with Gasteiger partial charge in [-0.25, -0.2) is 31.2 Å². The molecule has 3 aliphatic rings. The van der Waals surface area contributed by atoms with E-state index in [9.17, 15) is 31.7 Å². The van der Waals surface area contributed by atoms with Gasteiger partial charge in [0.2, 0.25) is 10.0 Å². The highest BCUT2D eigenvalue weighted by Crippen LogP contribution is 2.43. The number of carbonyl (C=O) groups is 1. The van der Waals surface area contributed by atoms with E-state index in [4.69, 9.17) is 26.1 Å². The lowest BCUT2D eigenvalue weighted by Crippen LogP contribution is -2.47. The molecule has 5 heterocycles. The van der Waals surface area contributed by atoms with Gasteiger partial charge in [-0.1, -0.05) is 43.2 Å². The molecule has 18 nitrogen and oxygen atoms in total. The molecule has 1 unspecified atom stereocenters. The summed E-state index contributed by atoms with van der Waals surface area (Å²) in [4.78, 5) is 37.8. The third-order valence-corrected chi connectivity index (χ3v) is 17.3. The summed E-state index contributed by atoms with van der Waals surface area (Å²) in [7, 11) is -7.58. The second-order valence-electron chi connectivity index (χ2n) is 18.9. The SMILES string of the molecule is CC1(C)CCC(CN2CCN(c3ccc(C(=O)NS(=O)(=O)c4ccc(OC[C@H]5OCCN(S(C)(=O)=O)CC5[SiH3])c([N+](=O)[O-])c4)c(-n4ncc5nc6[nH]ccc6cc54)c3)CC2)=C(c2ccc(Cl)cc2)C1. The number of fused-ring (bicyclic) bond motifs is 2. The Labute approximate surface area is 408 Å². The van der Waals surface area contributed by atoms with Crippen LogP contribution in [0, 0.1) is 15.5 Å². The summed E-state index contributed by atoms with van der Waals surface area (Å²) in [5.41, 5.74) is 6.37. The van der Waals surface area contributed by atoms with E-state index in [1.165, 1.54) is 21.0 Å². The van der Waals surface area contributed by atoms with Gasteiger partial charge in [-0.2, -0.15) is 9.40 Å². The molecule has 69 heavy (non-hydrogen) atoms. The number of halogens is 1. The van der Waals surface area contributed by atoms with Crippen LogP contribution in [0.1, 0.15) is 49.0 Å². The number of anilines is 1. The van der Waals surface area contributed by atoms with Gasteiger partial charge in [-0.15, -0.1) is 0 Å². The van der Waals surface area contributed by atoms with E-state index in [1.54, 1.807) is 29.2 Å². The van der Waals surface area contributed by atoms with Gasteiger partial charge in [0, 0.05) is 84.4 Å². The van der Waals surface area contributed by atoms with Crippen molar-refractivity contribution in [3.05, 3.63) is 117 Å². The average molecular weight is 1020 g/mol. The van der Waals surface area contributed by atoms with Crippen molar-refractivity contribution < 1.29 is 36.0 Å². The summed E-state index contributed by atoms with van der Waals surface area (Å²) in [6.45, 7) is 8.92. The van der Waals surface area contributed by atoms with Gasteiger partial charge in [0.15, 0.2) is 5.75 Å². The Bertz CT molecular complexity index is 3210. The van der Waals surface area contributed by atoms with E-state index in [2.05, 4.69) is 50.6 Å². The van der Waals surface area contributed by atoms with Crippen LogP contribution in [0.3, 0.4) is 0 Å². The molecule has 0 radical (unpaired) electrons. The minimum Gasteiger partial charge on any atom is -0.484 e. The van der Waals surface area contributed by atoms with Crippen LogP contribution < -0.4 is 14.4 Å². The van der Waals surface area contributed by atoms with Crippen molar-refractivity contribution in [1.82, 2.24) is 33.7 Å². The normalized spacial score (nSPS) is 19.8. The molecule has 0 saturated carbocycles. The zero-order valence-electron chi connectivity index (χ0n) is 38.7. The number of ether oxygens (including phenoxy) is 2. The number of aromatic nitrogens is 4. The smallest absolute Gasteiger partial charge is 0.312 e. The first kappa shape index (κ1) is 48.3. The van der Waals surface area contributed by atoms with Gasteiger partial charge in [-0.05, 0) is 96.0 Å². The van der Waals surface area contributed by atoms with Crippen molar-refractivity contribution in [2.45, 2.75) is 49.7 Å². The van der Waals surface area contributed by atoms with Gasteiger partial charge in [0.25, 0.3) is 15.9 Å². The molecule has 1 aliphatic carbocycles. The topological polar surface area (TPSA) is 215 Å². The van der Waals surface area contributed by atoms with E-state index in [0.717, 1.165) is 74.4 Å². The van der Waals surface area contributed by atoms with E-state index < -0.39 is 47.6 Å². The Kier molecular flexibility index (Phi) is 13.5. The largest absolute Gasteiger partial charge is 0.484 e. The highest BCUT2D eigenvalue weighted by atomic mass is 35.5. The first-order valence-electron chi connectivity index (χ1n) is 22.8. The number of hydrogen-bond acceptors (Lipinski definition) is 13. The van der Waals surface area contributed by atoms with Crippen LogP contribution in [0.15, 0.2) is 95.7 Å². The highest BCUT2D eigenvalue weighted by molar-refractivity contribution is 7.90. The Hall–Kier alpha value is -5.68. The van der Waals surface area contributed by atoms with Gasteiger partial charge >= 0.3 is 5.69 Å². The quantitative estimate of drug-likeness (QED) is 0.0825. The fourth-order valence-corrected chi connectivity index (χ4v) is 12.6. The van der Waals surface area contributed by atoms with Crippen molar-refractivity contribution in [1.29, 1.82) is 0 Å². The van der Waals surface area contributed by atoms with Crippen molar-refractivity contribution in [2.24, 2.45) is 5.41 Å². The Morgan fingerprint density at radius 3 is 2.54 bits per heavy atom. The molecule has 364 valence electrons. The van der Waals surface area contributed by atoms with Crippen LogP contribution in [0.5, 0.6) is 5.75 Å². The van der Waals surface area contributed by atoms with E-state index >= 15 is 0 Å². The molecule has 2 fully saturated rings. The standard InChI is InChI=1S/C47H54ClN9O9S2Si/c1-47(2)14-12-32(37(25-47)30-4-6-33(48)7-5-30)27-53-16-18-54(19-17-53)34-8-10-36(39(23-34)56-40-22-31-13-15-49-45(31)51-38(40)26-50-56)46(58)52-68(63,64)35-9-11-42(41(24-35)57(59)60)66-29-43-44(69)28-55(20-21-65-43)67(3,61)62/h4-11,13,15,22-24,26,43-44H,12,14,16-21,25,27-29H2,1-3,69H3,(H,49,51)(H,52,58)/t43-,44?/m1/s1. The summed E-state index contributed by atoms with van der Waals surface area (Å²) in [5.74, 6) is -1.19. The number of piperazine rings is 1. The number of H-pyrrole nitrogens is 1. The van der Waals surface area contributed by atoms with Crippen LogP contribution in [0.2, 0.25) is 10.6 Å². The van der Waals surface area contributed by atoms with Crippen molar-refractivity contribution in [3.8, 4) is 11.4 Å². The molecular weight excluding hydrogens is 962 g/mol. The number of nitrogens with one attached hydrogen (secondary N) is 2. The van der Waals surface area contributed by atoms with Crippen LogP contribution in [-0.4, -0.2) is 138 Å². The molecule has 3 aromatic heterocycles. The first-order chi connectivity index (χ1) is 32.8. The number of amides is 1. The molecule has 2 N–H and O–H groups in total. The number of benzene rings is 3. The molecule has 2 atom stereocenters. The number of nitro groups is 1. The fourth-order valence-electron chi connectivity index (χ4n) is 9.45. The molecule has 3 aromatic carbocycles. The van der Waals surface area contributed by atoms with Crippen molar-refractivity contribution in [2.75, 3.05) is 70.2 Å². The highest BCUT2D eigenvalue weighted by Gasteiger charge is 2.33. The summed E-state index contributed by atoms with van der Waals surface area (Å²) >= 11 is 6.26. The second kappa shape index (κ2) is 19.3. The number of carbonyl (C=O) groups excluding carboxylic acids is 1. The molecule has 0 spiro atoms. The number of hydrogen-bond donors (Lipinski definition) is 2. The maximum absolute atomic E-state index is 14.3. The van der Waals surface area contributed by atoms with Crippen LogP contribution in [0.4, 0.5) is 11.4 Å². The monoisotopic (exact) mass is 1020 g/mol. The number of sulfonamides is 2. The third kappa shape index (κ3) is 10.6. The van der Waals surface area contributed by atoms with E-state index in [0.29, 0.717) is 50.7 Å². The lowest BCUT2D eigenvalue weighted by molar-refractivity contribution is -0.386. The maximum atomic E-state index is 14.3. The zero-order chi connectivity index (χ0) is 48.8. The molecule has 0 bridgehead atoms. The number of rotatable bonds is 13. The van der Waals surface area contributed by atoms with Crippen molar-refractivity contribution in [3.63, 3.8) is 0 Å². The molecule has 2 saturated heterocycles. The van der Waals surface area contributed by atoms with E-state index in [1.807, 2.05) is 30.3 Å². The number of nitro benzene ring substituents is 1. The van der Waals surface area contributed by atoms with E-state index in [-0.39, 0.29) is 48.6 Å². The number of pyridine rings is 1. The Morgan fingerprint density at radius 1 is 1.03 bits per heavy atom. The van der Waals surface area contributed by atoms with Crippen molar-refractivity contribution >= 4 is 86.8 Å². The summed E-state index contributed by atoms with van der Waals surface area (Å²) in [5, 5.41) is 18.5. The third-order valence-electron chi connectivity index (χ3n) is 13.4. The first-order valence-corrected chi connectivity index (χ1v) is 27.6. The van der Waals surface area contributed by atoms with Crippen LogP contribution in [0.25, 0.3) is 33.3 Å². The number of allylic oxidation sites excluding steroid dienone is 1. The molecular formula is C47H54ClN9O9S2Si. The minimum absolute atomic E-state index is 0.00743. The Balaban J connectivity index is 0.955. The average Bonchev–Trinajstić information content (AvgIpc) is 3.90. The summed E-state index contributed by atoms with van der Waals surface area (Å²) in [6, 6.07) is 20.2. The van der Waals surface area contributed by atoms with Gasteiger partial charge in [0.05, 0.1) is 51.7 Å². The second-order valence-corrected chi connectivity index (χ2v) is 24.5. The molecule has 1 amide bonds. The number of nitrogens with zero attached hydrogens (tertiary/aromatic N) is 7. The van der Waals surface area contributed by atoms with Crippen LogP contribution in [-0.2, 0) is 24.8 Å². The fraction of sp³-hybridized carbons (Fsp3) is 0.383. The summed E-state index contributed by atoms with van der Waals surface area (Å²) < 4.78 is 69.0. The zero-order valence-corrected chi connectivity index (χ0v) is 43.1. The molecule has 9 rings (SSSR count). The predicted molar refractivity (Wildman–Crippen MR) is 268 cm³/mol. The lowest BCUT2D eigenvalue weighted by Gasteiger charge is -2.39. The predicted octanol–water partition coefficient (Wildman–Crippen LogP) is 5.56. The molecule has 2 aliphatic heterocycles. The molecule has 22 heteroatoms. The van der Waals surface area contributed by atoms with Crippen LogP contribution >= 0.6 is 11.6 Å². The minimum atomic E-state index is -4.69. The lowest BCUT2D eigenvalue weighted by atomic mass is 9.72. The van der Waals surface area contributed by atoms with Gasteiger partial charge in [0.1, 0.15) is 17.8 Å². The molecule has 6 aromatic rings. The number of aromatic amines is 1. The summed E-state index contributed by atoms with van der Waals surface area (Å²) in [6.07, 6.45) is 7.09. The Morgan fingerprint density at radius 2 is 1.80 bits per heavy atom. The van der Waals surface area contributed by atoms with Gasteiger partial charge < -0.3 is 19.4 Å². The maximum Gasteiger partial charge on any atom is 0.312 e.